The van der Waals surface area contributed by atoms with Crippen LogP contribution in [0.5, 0.6) is 0 Å². The van der Waals surface area contributed by atoms with Gasteiger partial charge in [-0.1, -0.05) is 30.3 Å². The molecule has 2 aromatic rings. The third-order valence-electron chi connectivity index (χ3n) is 4.49. The molecule has 7 heteroatoms. The van der Waals surface area contributed by atoms with Gasteiger partial charge in [-0.2, -0.15) is 0 Å². The number of morpholine rings is 1. The van der Waals surface area contributed by atoms with Crippen molar-refractivity contribution in [2.75, 3.05) is 39.4 Å². The molecular formula is C19H27N5O2. The lowest BCUT2D eigenvalue weighted by atomic mass is 10.1. The van der Waals surface area contributed by atoms with Crippen molar-refractivity contribution in [1.82, 2.24) is 19.8 Å². The zero-order valence-corrected chi connectivity index (χ0v) is 15.0. The summed E-state index contributed by atoms with van der Waals surface area (Å²) in [4.78, 5) is 18.8. The largest absolute Gasteiger partial charge is 0.379 e. The lowest BCUT2D eigenvalue weighted by molar-refractivity contribution is -0.122. The summed E-state index contributed by atoms with van der Waals surface area (Å²) in [7, 11) is 0. The number of nitrogens with one attached hydrogen (secondary N) is 1. The number of imidazole rings is 1. The summed E-state index contributed by atoms with van der Waals surface area (Å²) in [6.45, 7) is 5.55. The van der Waals surface area contributed by atoms with Crippen LogP contribution in [0.4, 0.5) is 0 Å². The number of benzene rings is 1. The van der Waals surface area contributed by atoms with Gasteiger partial charge in [0.1, 0.15) is 0 Å². The topological polar surface area (TPSA) is 85.4 Å². The fraction of sp³-hybridized carbons (Fsp3) is 0.474. The van der Waals surface area contributed by atoms with E-state index >= 15 is 0 Å². The van der Waals surface area contributed by atoms with Gasteiger partial charge in [0.05, 0.1) is 31.3 Å². The summed E-state index contributed by atoms with van der Waals surface area (Å²) in [5.41, 5.74) is 8.08. The molecule has 1 fully saturated rings. The standard InChI is InChI=1S/C19H27N5O2/c20-18(19(25)21-6-7-23-8-10-26-11-9-23)12-17-14-24(15-22-17)13-16-4-2-1-3-5-16/h1-5,14-15,18H,6-13,20H2,(H,21,25)/t18-/m0/s1. The molecule has 2 heterocycles. The Bertz CT molecular complexity index is 682. The number of nitrogens with zero attached hydrogens (tertiary/aromatic N) is 3. The van der Waals surface area contributed by atoms with Crippen molar-refractivity contribution in [2.24, 2.45) is 5.73 Å². The molecule has 3 N–H and O–H groups in total. The van der Waals surface area contributed by atoms with Crippen LogP contribution in [0.3, 0.4) is 0 Å². The van der Waals surface area contributed by atoms with Gasteiger partial charge in [0, 0.05) is 45.3 Å². The maximum absolute atomic E-state index is 12.2. The van der Waals surface area contributed by atoms with E-state index in [0.29, 0.717) is 13.0 Å². The van der Waals surface area contributed by atoms with Crippen LogP contribution < -0.4 is 11.1 Å². The molecule has 1 aliphatic rings. The number of hydrogen-bond donors (Lipinski definition) is 2. The van der Waals surface area contributed by atoms with E-state index < -0.39 is 6.04 Å². The second-order valence-electron chi connectivity index (χ2n) is 6.58. The molecule has 1 aromatic carbocycles. The molecule has 1 aliphatic heterocycles. The number of amides is 1. The van der Waals surface area contributed by atoms with E-state index in [9.17, 15) is 4.79 Å². The number of carbonyl (C=O) groups excluding carboxylic acids is 1. The van der Waals surface area contributed by atoms with Crippen LogP contribution in [0.2, 0.25) is 0 Å². The van der Waals surface area contributed by atoms with E-state index in [4.69, 9.17) is 10.5 Å². The fourth-order valence-corrected chi connectivity index (χ4v) is 3.00. The van der Waals surface area contributed by atoms with Gasteiger partial charge < -0.3 is 20.4 Å². The summed E-state index contributed by atoms with van der Waals surface area (Å²) >= 11 is 0. The minimum Gasteiger partial charge on any atom is -0.379 e. The highest BCUT2D eigenvalue weighted by Crippen LogP contribution is 2.05. The summed E-state index contributed by atoms with van der Waals surface area (Å²) in [5, 5.41) is 2.92. The van der Waals surface area contributed by atoms with Crippen molar-refractivity contribution >= 4 is 5.91 Å². The Morgan fingerprint density at radius 3 is 2.81 bits per heavy atom. The number of hydrogen-bond acceptors (Lipinski definition) is 5. The van der Waals surface area contributed by atoms with Gasteiger partial charge in [-0.3, -0.25) is 9.69 Å². The fourth-order valence-electron chi connectivity index (χ4n) is 3.00. The van der Waals surface area contributed by atoms with E-state index in [0.717, 1.165) is 45.1 Å². The van der Waals surface area contributed by atoms with Gasteiger partial charge in [0.15, 0.2) is 0 Å². The van der Waals surface area contributed by atoms with E-state index in [1.54, 1.807) is 6.33 Å². The number of rotatable bonds is 8. The molecule has 140 valence electrons. The van der Waals surface area contributed by atoms with Crippen LogP contribution in [0.15, 0.2) is 42.9 Å². The van der Waals surface area contributed by atoms with Crippen LogP contribution in [-0.4, -0.2) is 65.8 Å². The molecule has 0 unspecified atom stereocenters. The van der Waals surface area contributed by atoms with Gasteiger partial charge in [-0.15, -0.1) is 0 Å². The Hall–Kier alpha value is -2.22. The Kier molecular flexibility index (Phi) is 6.76. The maximum Gasteiger partial charge on any atom is 0.237 e. The number of ether oxygens (including phenoxy) is 1. The predicted molar refractivity (Wildman–Crippen MR) is 99.7 cm³/mol. The Morgan fingerprint density at radius 2 is 2.04 bits per heavy atom. The first kappa shape index (κ1) is 18.6. The highest BCUT2D eigenvalue weighted by Gasteiger charge is 2.16. The Labute approximate surface area is 154 Å². The quantitative estimate of drug-likeness (QED) is 0.707. The highest BCUT2D eigenvalue weighted by atomic mass is 16.5. The molecule has 0 radical (unpaired) electrons. The van der Waals surface area contributed by atoms with Gasteiger partial charge in [0.25, 0.3) is 0 Å². The predicted octanol–water partition coefficient (Wildman–Crippen LogP) is 0.250. The van der Waals surface area contributed by atoms with Crippen molar-refractivity contribution in [3.63, 3.8) is 0 Å². The monoisotopic (exact) mass is 357 g/mol. The molecule has 1 amide bonds. The van der Waals surface area contributed by atoms with Crippen molar-refractivity contribution in [3.05, 3.63) is 54.1 Å². The lowest BCUT2D eigenvalue weighted by Gasteiger charge is -2.26. The van der Waals surface area contributed by atoms with E-state index in [1.807, 2.05) is 29.0 Å². The molecule has 1 aromatic heterocycles. The zero-order valence-electron chi connectivity index (χ0n) is 15.0. The number of aromatic nitrogens is 2. The molecule has 0 aliphatic carbocycles. The van der Waals surface area contributed by atoms with Crippen molar-refractivity contribution in [1.29, 1.82) is 0 Å². The first-order chi connectivity index (χ1) is 12.7. The van der Waals surface area contributed by atoms with Crippen molar-refractivity contribution in [3.8, 4) is 0 Å². The maximum atomic E-state index is 12.2. The van der Waals surface area contributed by atoms with Crippen molar-refractivity contribution in [2.45, 2.75) is 19.0 Å². The molecule has 26 heavy (non-hydrogen) atoms. The summed E-state index contributed by atoms with van der Waals surface area (Å²) < 4.78 is 7.32. The molecule has 1 atom stereocenters. The van der Waals surface area contributed by atoms with Gasteiger partial charge >= 0.3 is 0 Å². The zero-order chi connectivity index (χ0) is 18.2. The molecule has 0 bridgehead atoms. The lowest BCUT2D eigenvalue weighted by Crippen LogP contribution is -2.46. The first-order valence-electron chi connectivity index (χ1n) is 9.08. The number of nitrogens with two attached hydrogens (primary N) is 1. The second-order valence-corrected chi connectivity index (χ2v) is 6.58. The Morgan fingerprint density at radius 1 is 1.27 bits per heavy atom. The van der Waals surface area contributed by atoms with Crippen LogP contribution in [0, 0.1) is 0 Å². The Balaban J connectivity index is 1.41. The smallest absolute Gasteiger partial charge is 0.237 e. The van der Waals surface area contributed by atoms with Gasteiger partial charge in [0.2, 0.25) is 5.91 Å². The molecule has 1 saturated heterocycles. The molecule has 0 spiro atoms. The third-order valence-corrected chi connectivity index (χ3v) is 4.49. The molecular weight excluding hydrogens is 330 g/mol. The summed E-state index contributed by atoms with van der Waals surface area (Å²) in [6, 6.07) is 9.61. The third kappa shape index (κ3) is 5.66. The minimum absolute atomic E-state index is 0.129. The first-order valence-corrected chi connectivity index (χ1v) is 9.08. The van der Waals surface area contributed by atoms with Crippen LogP contribution in [0.25, 0.3) is 0 Å². The number of carbonyl (C=O) groups is 1. The van der Waals surface area contributed by atoms with Crippen LogP contribution in [0.1, 0.15) is 11.3 Å². The van der Waals surface area contributed by atoms with Crippen LogP contribution >= 0.6 is 0 Å². The second kappa shape index (κ2) is 9.47. The average Bonchev–Trinajstić information content (AvgIpc) is 3.10. The summed E-state index contributed by atoms with van der Waals surface area (Å²) in [6.07, 6.45) is 4.17. The SMILES string of the molecule is N[C@@H](Cc1cn(Cc2ccccc2)cn1)C(=O)NCCN1CCOCC1. The molecule has 3 rings (SSSR count). The summed E-state index contributed by atoms with van der Waals surface area (Å²) in [5.74, 6) is -0.129. The normalized spacial score (nSPS) is 16.3. The van der Waals surface area contributed by atoms with Gasteiger partial charge in [-0.25, -0.2) is 4.98 Å². The molecule has 0 saturated carbocycles. The molecule has 7 nitrogen and oxygen atoms in total. The van der Waals surface area contributed by atoms with E-state index in [-0.39, 0.29) is 5.91 Å². The van der Waals surface area contributed by atoms with E-state index in [2.05, 4.69) is 27.3 Å². The highest BCUT2D eigenvalue weighted by molar-refractivity contribution is 5.81. The average molecular weight is 357 g/mol. The van der Waals surface area contributed by atoms with E-state index in [1.165, 1.54) is 5.56 Å². The van der Waals surface area contributed by atoms with Gasteiger partial charge in [-0.05, 0) is 5.56 Å². The van der Waals surface area contributed by atoms with Crippen molar-refractivity contribution < 1.29 is 9.53 Å². The van der Waals surface area contributed by atoms with Crippen LogP contribution in [-0.2, 0) is 22.5 Å². The minimum atomic E-state index is -0.584.